The zero-order valence-electron chi connectivity index (χ0n) is 15.1. The molecule has 27 heavy (non-hydrogen) atoms. The second kappa shape index (κ2) is 6.83. The highest BCUT2D eigenvalue weighted by Crippen LogP contribution is 2.34. The van der Waals surface area contributed by atoms with E-state index in [-0.39, 0.29) is 10.9 Å². The molecule has 0 saturated heterocycles. The summed E-state index contributed by atoms with van der Waals surface area (Å²) in [5, 5.41) is 5.27. The lowest BCUT2D eigenvalue weighted by Crippen LogP contribution is -2.30. The highest BCUT2D eigenvalue weighted by Gasteiger charge is 2.28. The highest BCUT2D eigenvalue weighted by molar-refractivity contribution is 7.89. The molecule has 140 valence electrons. The number of anilines is 1. The van der Waals surface area contributed by atoms with Gasteiger partial charge in [0.05, 0.1) is 11.4 Å². The minimum absolute atomic E-state index is 0.167. The van der Waals surface area contributed by atoms with Crippen molar-refractivity contribution in [1.82, 2.24) is 9.55 Å². The first-order valence-corrected chi connectivity index (χ1v) is 10.4. The number of nitrogens with two attached hydrogens (primary N) is 1. The van der Waals surface area contributed by atoms with E-state index in [1.54, 1.807) is 12.1 Å². The van der Waals surface area contributed by atoms with Crippen LogP contribution in [0.1, 0.15) is 23.9 Å². The molecule has 0 spiro atoms. The molecule has 1 aliphatic heterocycles. The van der Waals surface area contributed by atoms with E-state index in [2.05, 4.69) is 33.5 Å². The van der Waals surface area contributed by atoms with Crippen LogP contribution in [0, 0.1) is 0 Å². The maximum atomic E-state index is 11.6. The SMILES string of the molecule is C[C@@H]1Cc2cc(S(N)(=O)=O)ccc2N1Cc1nccn1Cc1ccccc1. The first kappa shape index (κ1) is 17.8. The molecular weight excluding hydrogens is 360 g/mol. The Morgan fingerprint density at radius 3 is 2.67 bits per heavy atom. The maximum absolute atomic E-state index is 11.6. The fourth-order valence-electron chi connectivity index (χ4n) is 3.66. The maximum Gasteiger partial charge on any atom is 0.238 e. The van der Waals surface area contributed by atoms with E-state index < -0.39 is 10.0 Å². The molecule has 2 aromatic carbocycles. The number of sulfonamides is 1. The fourth-order valence-corrected chi connectivity index (χ4v) is 4.22. The molecule has 0 unspecified atom stereocenters. The van der Waals surface area contributed by atoms with Crippen LogP contribution in [-0.4, -0.2) is 24.0 Å². The van der Waals surface area contributed by atoms with Gasteiger partial charge in [0.2, 0.25) is 10.0 Å². The predicted molar refractivity (Wildman–Crippen MR) is 105 cm³/mol. The minimum atomic E-state index is -3.69. The second-order valence-corrected chi connectivity index (χ2v) is 8.53. The number of fused-ring (bicyclic) bond motifs is 1. The van der Waals surface area contributed by atoms with Crippen molar-refractivity contribution < 1.29 is 8.42 Å². The summed E-state index contributed by atoms with van der Waals surface area (Å²) in [6, 6.07) is 15.7. The van der Waals surface area contributed by atoms with Crippen LogP contribution in [0.5, 0.6) is 0 Å². The number of benzene rings is 2. The first-order chi connectivity index (χ1) is 12.9. The molecule has 0 bridgehead atoms. The van der Waals surface area contributed by atoms with Crippen molar-refractivity contribution in [2.45, 2.75) is 37.4 Å². The van der Waals surface area contributed by atoms with Crippen molar-refractivity contribution in [1.29, 1.82) is 0 Å². The Kier molecular flexibility index (Phi) is 4.49. The van der Waals surface area contributed by atoms with Gasteiger partial charge in [0, 0.05) is 30.7 Å². The van der Waals surface area contributed by atoms with Gasteiger partial charge in [0.1, 0.15) is 5.82 Å². The average Bonchev–Trinajstić information content (AvgIpc) is 3.19. The van der Waals surface area contributed by atoms with Crippen LogP contribution in [0.15, 0.2) is 65.8 Å². The molecule has 0 saturated carbocycles. The number of hydrogen-bond acceptors (Lipinski definition) is 4. The van der Waals surface area contributed by atoms with Gasteiger partial charge in [0.25, 0.3) is 0 Å². The molecule has 4 rings (SSSR count). The van der Waals surface area contributed by atoms with Crippen molar-refractivity contribution >= 4 is 15.7 Å². The summed E-state index contributed by atoms with van der Waals surface area (Å²) in [6.45, 7) is 3.58. The standard InChI is InChI=1S/C20H22N4O2S/c1-15-11-17-12-18(27(21,25)26)7-8-19(17)24(15)14-20-22-9-10-23(20)13-16-5-3-2-4-6-16/h2-10,12,15H,11,13-14H2,1H3,(H2,21,25,26)/t15-/m1/s1. The topological polar surface area (TPSA) is 81.2 Å². The van der Waals surface area contributed by atoms with Gasteiger partial charge in [0.15, 0.2) is 0 Å². The largest absolute Gasteiger partial charge is 0.361 e. The van der Waals surface area contributed by atoms with Crippen molar-refractivity contribution in [2.24, 2.45) is 5.14 Å². The molecule has 0 amide bonds. The Balaban J connectivity index is 1.59. The summed E-state index contributed by atoms with van der Waals surface area (Å²) >= 11 is 0. The number of imidazole rings is 1. The molecule has 1 atom stereocenters. The first-order valence-electron chi connectivity index (χ1n) is 8.88. The van der Waals surface area contributed by atoms with Gasteiger partial charge >= 0.3 is 0 Å². The average molecular weight is 382 g/mol. The lowest BCUT2D eigenvalue weighted by molar-refractivity contribution is 0.597. The van der Waals surface area contributed by atoms with Gasteiger partial charge in [-0.2, -0.15) is 0 Å². The van der Waals surface area contributed by atoms with E-state index in [9.17, 15) is 8.42 Å². The number of nitrogens with zero attached hydrogens (tertiary/aromatic N) is 3. The van der Waals surface area contributed by atoms with Gasteiger partial charge in [-0.05, 0) is 42.7 Å². The smallest absolute Gasteiger partial charge is 0.238 e. The number of rotatable bonds is 5. The van der Waals surface area contributed by atoms with E-state index >= 15 is 0 Å². The van der Waals surface area contributed by atoms with Crippen LogP contribution in [0.2, 0.25) is 0 Å². The summed E-state index contributed by atoms with van der Waals surface area (Å²) < 4.78 is 25.4. The lowest BCUT2D eigenvalue weighted by atomic mass is 10.1. The number of aromatic nitrogens is 2. The minimum Gasteiger partial charge on any atom is -0.361 e. The van der Waals surface area contributed by atoms with Crippen LogP contribution in [0.3, 0.4) is 0 Å². The highest BCUT2D eigenvalue weighted by atomic mass is 32.2. The van der Waals surface area contributed by atoms with E-state index in [0.29, 0.717) is 6.54 Å². The second-order valence-electron chi connectivity index (χ2n) is 6.97. The summed E-state index contributed by atoms with van der Waals surface area (Å²) in [5.74, 6) is 0.981. The summed E-state index contributed by atoms with van der Waals surface area (Å²) in [5.41, 5.74) is 3.28. The summed E-state index contributed by atoms with van der Waals surface area (Å²) in [6.07, 6.45) is 4.61. The van der Waals surface area contributed by atoms with Crippen LogP contribution in [0.25, 0.3) is 0 Å². The Morgan fingerprint density at radius 2 is 1.93 bits per heavy atom. The summed E-state index contributed by atoms with van der Waals surface area (Å²) in [4.78, 5) is 6.98. The van der Waals surface area contributed by atoms with E-state index in [1.807, 2.05) is 36.7 Å². The molecule has 7 heteroatoms. The third-order valence-electron chi connectivity index (χ3n) is 5.05. The van der Waals surface area contributed by atoms with Gasteiger partial charge < -0.3 is 9.47 Å². The van der Waals surface area contributed by atoms with Crippen LogP contribution < -0.4 is 10.0 Å². The molecule has 2 heterocycles. The quantitative estimate of drug-likeness (QED) is 0.735. The van der Waals surface area contributed by atoms with Crippen molar-refractivity contribution in [3.05, 3.63) is 77.9 Å². The van der Waals surface area contributed by atoms with Gasteiger partial charge in [-0.1, -0.05) is 30.3 Å². The predicted octanol–water partition coefficient (Wildman–Crippen LogP) is 2.53. The van der Waals surface area contributed by atoms with E-state index in [0.717, 1.165) is 30.0 Å². The molecule has 1 aromatic heterocycles. The normalized spacial score (nSPS) is 16.5. The molecule has 0 radical (unpaired) electrons. The zero-order valence-corrected chi connectivity index (χ0v) is 15.9. The van der Waals surface area contributed by atoms with Crippen molar-refractivity contribution in [3.8, 4) is 0 Å². The molecule has 3 aromatic rings. The Bertz CT molecular complexity index is 1060. The Hall–Kier alpha value is -2.64. The molecule has 2 N–H and O–H groups in total. The van der Waals surface area contributed by atoms with Gasteiger partial charge in [-0.15, -0.1) is 0 Å². The zero-order chi connectivity index (χ0) is 19.0. The number of hydrogen-bond donors (Lipinski definition) is 1. The van der Waals surface area contributed by atoms with Crippen molar-refractivity contribution in [3.63, 3.8) is 0 Å². The fraction of sp³-hybridized carbons (Fsp3) is 0.250. The van der Waals surface area contributed by atoms with Crippen LogP contribution in [0.4, 0.5) is 5.69 Å². The van der Waals surface area contributed by atoms with Gasteiger partial charge in [-0.25, -0.2) is 18.5 Å². The summed E-state index contributed by atoms with van der Waals surface area (Å²) in [7, 11) is -3.69. The molecule has 6 nitrogen and oxygen atoms in total. The monoisotopic (exact) mass is 382 g/mol. The number of primary sulfonamides is 1. The van der Waals surface area contributed by atoms with E-state index in [1.165, 1.54) is 5.56 Å². The van der Waals surface area contributed by atoms with Crippen LogP contribution >= 0.6 is 0 Å². The Labute approximate surface area is 159 Å². The third kappa shape index (κ3) is 3.61. The molecule has 0 fully saturated rings. The molecule has 1 aliphatic rings. The third-order valence-corrected chi connectivity index (χ3v) is 5.96. The van der Waals surface area contributed by atoms with E-state index in [4.69, 9.17) is 5.14 Å². The lowest BCUT2D eigenvalue weighted by Gasteiger charge is -2.25. The molecular formula is C20H22N4O2S. The molecule has 0 aliphatic carbocycles. The van der Waals surface area contributed by atoms with Gasteiger partial charge in [-0.3, -0.25) is 0 Å². The van der Waals surface area contributed by atoms with Crippen molar-refractivity contribution in [2.75, 3.05) is 4.90 Å². The Morgan fingerprint density at radius 1 is 1.15 bits per heavy atom. The van der Waals surface area contributed by atoms with Crippen LogP contribution in [-0.2, 0) is 29.5 Å².